The van der Waals surface area contributed by atoms with E-state index in [0.29, 0.717) is 0 Å². The van der Waals surface area contributed by atoms with Crippen molar-refractivity contribution in [2.45, 2.75) is 11.1 Å². The highest BCUT2D eigenvalue weighted by atomic mass is 32.2. The van der Waals surface area contributed by atoms with Crippen LogP contribution in [0, 0.1) is 11.3 Å². The number of benzene rings is 2. The van der Waals surface area contributed by atoms with Gasteiger partial charge in [0.1, 0.15) is 6.54 Å². The molecule has 0 atom stereocenters. The van der Waals surface area contributed by atoms with Crippen LogP contribution in [0.1, 0.15) is 15.9 Å². The quantitative estimate of drug-likeness (QED) is 0.829. The van der Waals surface area contributed by atoms with Crippen molar-refractivity contribution in [3.63, 3.8) is 0 Å². The number of hydrogen-bond acceptors (Lipinski definition) is 4. The van der Waals surface area contributed by atoms with Gasteiger partial charge in [-0.3, -0.25) is 9.52 Å². The van der Waals surface area contributed by atoms with Crippen LogP contribution >= 0.6 is 0 Å². The Bertz CT molecular complexity index is 949. The molecule has 2 aromatic carbocycles. The summed E-state index contributed by atoms with van der Waals surface area (Å²) >= 11 is 0. The summed E-state index contributed by atoms with van der Waals surface area (Å²) in [6.45, 7) is -1.54. The summed E-state index contributed by atoms with van der Waals surface area (Å²) in [4.78, 5) is 11.8. The molecule has 26 heavy (non-hydrogen) atoms. The number of hydrogen-bond donors (Lipinski definition) is 2. The smallest absolute Gasteiger partial charge is 0.343 e. The zero-order valence-electron chi connectivity index (χ0n) is 13.0. The van der Waals surface area contributed by atoms with Crippen LogP contribution in [0.4, 0.5) is 18.9 Å². The largest absolute Gasteiger partial charge is 0.405 e. The molecule has 0 aliphatic rings. The molecule has 0 unspecified atom stereocenters. The third-order valence-electron chi connectivity index (χ3n) is 3.16. The van der Waals surface area contributed by atoms with E-state index < -0.39 is 28.7 Å². The van der Waals surface area contributed by atoms with Crippen LogP contribution in [0.3, 0.4) is 0 Å². The first-order valence-corrected chi connectivity index (χ1v) is 8.58. The van der Waals surface area contributed by atoms with Gasteiger partial charge in [-0.25, -0.2) is 8.42 Å². The summed E-state index contributed by atoms with van der Waals surface area (Å²) in [6, 6.07) is 12.1. The number of para-hydroxylation sites is 1. The molecule has 6 nitrogen and oxygen atoms in total. The minimum absolute atomic E-state index is 0.165. The Morgan fingerprint density at radius 2 is 1.69 bits per heavy atom. The van der Waals surface area contributed by atoms with Crippen molar-refractivity contribution >= 4 is 21.6 Å². The fourth-order valence-electron chi connectivity index (χ4n) is 1.96. The third kappa shape index (κ3) is 4.97. The van der Waals surface area contributed by atoms with Gasteiger partial charge in [-0.05, 0) is 36.4 Å². The number of carbonyl (C=O) groups excluding carboxylic acids is 1. The molecule has 0 saturated heterocycles. The molecular formula is C16H12F3N3O3S. The molecule has 0 aliphatic carbocycles. The Morgan fingerprint density at radius 1 is 1.08 bits per heavy atom. The molecule has 0 radical (unpaired) electrons. The lowest BCUT2D eigenvalue weighted by Crippen LogP contribution is -2.34. The van der Waals surface area contributed by atoms with Gasteiger partial charge in [0.05, 0.1) is 27.8 Å². The molecule has 0 bridgehead atoms. The van der Waals surface area contributed by atoms with E-state index in [0.717, 1.165) is 0 Å². The summed E-state index contributed by atoms with van der Waals surface area (Å²) < 4.78 is 63.7. The van der Waals surface area contributed by atoms with E-state index in [9.17, 15) is 26.4 Å². The second-order valence-corrected chi connectivity index (χ2v) is 6.77. The van der Waals surface area contributed by atoms with Gasteiger partial charge in [-0.2, -0.15) is 18.4 Å². The minimum atomic E-state index is -4.59. The molecule has 0 fully saturated rings. The second kappa shape index (κ2) is 7.45. The zero-order valence-corrected chi connectivity index (χ0v) is 13.9. The van der Waals surface area contributed by atoms with E-state index in [1.807, 2.05) is 6.07 Å². The molecule has 0 heterocycles. The monoisotopic (exact) mass is 383 g/mol. The standard InChI is InChI=1S/C16H12F3N3O3S/c17-16(18,19)10-21-15(23)13-3-1-2-4-14(13)22-26(24,25)12-7-5-11(9-20)6-8-12/h1-8,22H,10H2,(H,21,23). The van der Waals surface area contributed by atoms with Crippen molar-refractivity contribution in [3.8, 4) is 6.07 Å². The number of alkyl halides is 3. The van der Waals surface area contributed by atoms with Crippen LogP contribution in [-0.2, 0) is 10.0 Å². The average Bonchev–Trinajstić information content (AvgIpc) is 2.59. The maximum absolute atomic E-state index is 12.4. The van der Waals surface area contributed by atoms with E-state index >= 15 is 0 Å². The highest BCUT2D eigenvalue weighted by Gasteiger charge is 2.28. The number of rotatable bonds is 5. The predicted octanol–water partition coefficient (Wildman–Crippen LogP) is 2.65. The summed E-state index contributed by atoms with van der Waals surface area (Å²) in [7, 11) is -4.10. The predicted molar refractivity (Wildman–Crippen MR) is 86.8 cm³/mol. The molecule has 136 valence electrons. The van der Waals surface area contributed by atoms with Crippen molar-refractivity contribution in [1.82, 2.24) is 5.32 Å². The van der Waals surface area contributed by atoms with Crippen LogP contribution in [-0.4, -0.2) is 27.0 Å². The molecule has 0 spiro atoms. The number of nitriles is 1. The Morgan fingerprint density at radius 3 is 2.27 bits per heavy atom. The summed E-state index contributed by atoms with van der Waals surface area (Å²) in [6.07, 6.45) is -4.59. The highest BCUT2D eigenvalue weighted by Crippen LogP contribution is 2.21. The lowest BCUT2D eigenvalue weighted by atomic mass is 10.1. The zero-order chi connectivity index (χ0) is 19.4. The maximum Gasteiger partial charge on any atom is 0.405 e. The van der Waals surface area contributed by atoms with Gasteiger partial charge in [-0.15, -0.1) is 0 Å². The normalized spacial score (nSPS) is 11.5. The number of amides is 1. The van der Waals surface area contributed by atoms with Gasteiger partial charge < -0.3 is 5.32 Å². The van der Waals surface area contributed by atoms with Gasteiger partial charge in [0, 0.05) is 0 Å². The second-order valence-electron chi connectivity index (χ2n) is 5.09. The maximum atomic E-state index is 12.4. The van der Waals surface area contributed by atoms with Gasteiger partial charge in [0.15, 0.2) is 0 Å². The number of halogens is 3. The third-order valence-corrected chi connectivity index (χ3v) is 4.54. The number of anilines is 1. The number of sulfonamides is 1. The Hall–Kier alpha value is -3.06. The number of nitrogens with zero attached hydrogens (tertiary/aromatic N) is 1. The molecule has 0 aromatic heterocycles. The first-order valence-electron chi connectivity index (χ1n) is 7.09. The van der Waals surface area contributed by atoms with Crippen molar-refractivity contribution in [3.05, 3.63) is 59.7 Å². The molecule has 0 saturated carbocycles. The van der Waals surface area contributed by atoms with Crippen molar-refractivity contribution in [2.24, 2.45) is 0 Å². The summed E-state index contributed by atoms with van der Waals surface area (Å²) in [5.41, 5.74) is -0.165. The molecule has 10 heteroatoms. The van der Waals surface area contributed by atoms with Gasteiger partial charge in [0.25, 0.3) is 15.9 Å². The van der Waals surface area contributed by atoms with Crippen LogP contribution in [0.2, 0.25) is 0 Å². The highest BCUT2D eigenvalue weighted by molar-refractivity contribution is 7.92. The Kier molecular flexibility index (Phi) is 5.52. The SMILES string of the molecule is N#Cc1ccc(S(=O)(=O)Nc2ccccc2C(=O)NCC(F)(F)F)cc1. The Labute approximate surface area is 147 Å². The van der Waals surface area contributed by atoms with Crippen LogP contribution < -0.4 is 10.0 Å². The molecule has 1 amide bonds. The molecule has 2 aromatic rings. The van der Waals surface area contributed by atoms with Crippen LogP contribution in [0.25, 0.3) is 0 Å². The number of carbonyl (C=O) groups is 1. The number of nitrogens with one attached hydrogen (secondary N) is 2. The molecular weight excluding hydrogens is 371 g/mol. The average molecular weight is 383 g/mol. The topological polar surface area (TPSA) is 99.1 Å². The van der Waals surface area contributed by atoms with Gasteiger partial charge in [-0.1, -0.05) is 12.1 Å². The lowest BCUT2D eigenvalue weighted by molar-refractivity contribution is -0.123. The van der Waals surface area contributed by atoms with Gasteiger partial charge in [0.2, 0.25) is 0 Å². The molecule has 0 aliphatic heterocycles. The van der Waals surface area contributed by atoms with Crippen molar-refractivity contribution in [1.29, 1.82) is 5.26 Å². The first-order chi connectivity index (χ1) is 12.1. The van der Waals surface area contributed by atoms with E-state index in [1.54, 1.807) is 5.32 Å². The van der Waals surface area contributed by atoms with E-state index in [1.165, 1.54) is 48.5 Å². The molecule has 2 rings (SSSR count). The summed E-state index contributed by atoms with van der Waals surface area (Å²) in [5, 5.41) is 10.4. The fourth-order valence-corrected chi connectivity index (χ4v) is 3.04. The van der Waals surface area contributed by atoms with Gasteiger partial charge >= 0.3 is 6.18 Å². The first kappa shape index (κ1) is 19.3. The van der Waals surface area contributed by atoms with Crippen molar-refractivity contribution in [2.75, 3.05) is 11.3 Å². The van der Waals surface area contributed by atoms with E-state index in [2.05, 4.69) is 4.72 Å². The van der Waals surface area contributed by atoms with Crippen molar-refractivity contribution < 1.29 is 26.4 Å². The fraction of sp³-hybridized carbons (Fsp3) is 0.125. The molecule has 2 N–H and O–H groups in total. The van der Waals surface area contributed by atoms with Crippen LogP contribution in [0.15, 0.2) is 53.4 Å². The van der Waals surface area contributed by atoms with Crippen LogP contribution in [0.5, 0.6) is 0 Å². The lowest BCUT2D eigenvalue weighted by Gasteiger charge is -2.13. The Balaban J connectivity index is 2.26. The minimum Gasteiger partial charge on any atom is -0.343 e. The summed E-state index contributed by atoms with van der Waals surface area (Å²) in [5.74, 6) is -1.07. The van der Waals surface area contributed by atoms with E-state index in [-0.39, 0.29) is 21.7 Å². The van der Waals surface area contributed by atoms with E-state index in [4.69, 9.17) is 5.26 Å².